The second-order valence-corrected chi connectivity index (χ2v) is 11.2. The maximum Gasteiger partial charge on any atom is 0.217 e. The van der Waals surface area contributed by atoms with Crippen molar-refractivity contribution in [3.63, 3.8) is 0 Å². The zero-order chi connectivity index (χ0) is 25.5. The van der Waals surface area contributed by atoms with Crippen LogP contribution >= 0.6 is 0 Å². The first-order valence-electron chi connectivity index (χ1n) is 12.2. The average molecular weight is 476 g/mol. The molecule has 35 heavy (non-hydrogen) atoms. The highest BCUT2D eigenvalue weighted by molar-refractivity contribution is 5.72. The molecule has 4 aromatic heterocycles. The summed E-state index contributed by atoms with van der Waals surface area (Å²) in [4.78, 5) is 20.9. The molecule has 7 nitrogen and oxygen atoms in total. The van der Waals surface area contributed by atoms with Crippen LogP contribution < -0.4 is 5.32 Å². The van der Waals surface area contributed by atoms with Crippen molar-refractivity contribution in [3.8, 4) is 0 Å². The summed E-state index contributed by atoms with van der Waals surface area (Å²) in [6.45, 7) is 15.0. The number of pyridine rings is 2. The third-order valence-corrected chi connectivity index (χ3v) is 6.89. The number of aliphatic hydroxyl groups is 1. The van der Waals surface area contributed by atoms with Crippen LogP contribution in [-0.4, -0.2) is 29.8 Å². The Morgan fingerprint density at radius 2 is 1.74 bits per heavy atom. The number of rotatable bonds is 7. The van der Waals surface area contributed by atoms with Crippen molar-refractivity contribution in [1.29, 1.82) is 0 Å². The number of hydrogen-bond acceptors (Lipinski definition) is 4. The lowest BCUT2D eigenvalue weighted by molar-refractivity contribution is -0.119. The number of aliphatic hydroxyl groups excluding tert-OH is 1. The van der Waals surface area contributed by atoms with E-state index in [-0.39, 0.29) is 23.3 Å². The largest absolute Gasteiger partial charge is 0.390 e. The van der Waals surface area contributed by atoms with Crippen LogP contribution in [0.1, 0.15) is 81.9 Å². The highest BCUT2D eigenvalue weighted by Crippen LogP contribution is 2.34. The second-order valence-electron chi connectivity index (χ2n) is 11.2. The predicted octanol–water partition coefficient (Wildman–Crippen LogP) is 4.63. The topological polar surface area (TPSA) is 83.9 Å². The fourth-order valence-electron chi connectivity index (χ4n) is 4.80. The van der Waals surface area contributed by atoms with Gasteiger partial charge in [0.05, 0.1) is 30.7 Å². The normalized spacial score (nSPS) is 12.6. The van der Waals surface area contributed by atoms with E-state index in [9.17, 15) is 9.90 Å². The van der Waals surface area contributed by atoms with Crippen molar-refractivity contribution >= 4 is 17.2 Å². The predicted molar refractivity (Wildman–Crippen MR) is 139 cm³/mol. The van der Waals surface area contributed by atoms with Gasteiger partial charge in [0.15, 0.2) is 0 Å². The molecular weight excluding hydrogens is 438 g/mol. The number of fused-ring (bicyclic) bond motifs is 2. The summed E-state index contributed by atoms with van der Waals surface area (Å²) in [6.07, 6.45) is 5.58. The van der Waals surface area contributed by atoms with Gasteiger partial charge in [-0.1, -0.05) is 46.8 Å². The number of aromatic nitrogens is 4. The molecule has 4 heterocycles. The highest BCUT2D eigenvalue weighted by atomic mass is 16.3. The Morgan fingerprint density at radius 1 is 1.03 bits per heavy atom. The molecule has 0 atom stereocenters. The number of imidazole rings is 2. The lowest BCUT2D eigenvalue weighted by Crippen LogP contribution is -2.22. The summed E-state index contributed by atoms with van der Waals surface area (Å²) in [7, 11) is 0. The van der Waals surface area contributed by atoms with E-state index in [1.54, 1.807) is 0 Å². The summed E-state index contributed by atoms with van der Waals surface area (Å²) >= 11 is 0. The molecule has 0 aliphatic rings. The molecule has 4 aromatic rings. The van der Waals surface area contributed by atoms with Crippen molar-refractivity contribution in [2.75, 3.05) is 0 Å². The monoisotopic (exact) mass is 475 g/mol. The molecular formula is C28H37N5O2. The van der Waals surface area contributed by atoms with E-state index in [2.05, 4.69) is 79.9 Å². The van der Waals surface area contributed by atoms with Gasteiger partial charge in [-0.3, -0.25) is 9.20 Å². The van der Waals surface area contributed by atoms with Crippen molar-refractivity contribution in [3.05, 3.63) is 70.6 Å². The van der Waals surface area contributed by atoms with Gasteiger partial charge in [-0.15, -0.1) is 0 Å². The molecule has 186 valence electrons. The van der Waals surface area contributed by atoms with Gasteiger partial charge in [-0.2, -0.15) is 0 Å². The van der Waals surface area contributed by atoms with E-state index in [0.717, 1.165) is 35.5 Å². The van der Waals surface area contributed by atoms with Gasteiger partial charge >= 0.3 is 0 Å². The lowest BCUT2D eigenvalue weighted by atomic mass is 9.80. The van der Waals surface area contributed by atoms with Gasteiger partial charge in [0.2, 0.25) is 5.91 Å². The first kappa shape index (κ1) is 24.9. The van der Waals surface area contributed by atoms with E-state index >= 15 is 0 Å². The van der Waals surface area contributed by atoms with Crippen LogP contribution in [0.2, 0.25) is 0 Å². The lowest BCUT2D eigenvalue weighted by Gasteiger charge is -2.27. The van der Waals surface area contributed by atoms with Crippen LogP contribution in [0.3, 0.4) is 0 Å². The van der Waals surface area contributed by atoms with Crippen molar-refractivity contribution in [2.45, 2.75) is 85.3 Å². The molecule has 0 spiro atoms. The summed E-state index contributed by atoms with van der Waals surface area (Å²) in [5, 5.41) is 12.6. The summed E-state index contributed by atoms with van der Waals surface area (Å²) in [6, 6.07) is 8.68. The zero-order valence-electron chi connectivity index (χ0n) is 21.9. The third-order valence-electron chi connectivity index (χ3n) is 6.89. The number of carbonyl (C=O) groups excluding carboxylic acids is 1. The molecule has 1 amide bonds. The van der Waals surface area contributed by atoms with E-state index in [0.29, 0.717) is 12.2 Å². The maximum absolute atomic E-state index is 11.4. The summed E-state index contributed by atoms with van der Waals surface area (Å²) in [5.41, 5.74) is 7.95. The van der Waals surface area contributed by atoms with Gasteiger partial charge in [0.25, 0.3) is 0 Å². The van der Waals surface area contributed by atoms with Crippen LogP contribution in [0.15, 0.2) is 36.7 Å². The van der Waals surface area contributed by atoms with Crippen LogP contribution in [0.25, 0.3) is 11.3 Å². The minimum atomic E-state index is -0.138. The third kappa shape index (κ3) is 4.82. The molecule has 7 heteroatoms. The van der Waals surface area contributed by atoms with Crippen LogP contribution in [-0.2, 0) is 35.2 Å². The van der Waals surface area contributed by atoms with Gasteiger partial charge < -0.3 is 14.8 Å². The number of nitrogens with zero attached hydrogens (tertiary/aromatic N) is 4. The van der Waals surface area contributed by atoms with Crippen molar-refractivity contribution < 1.29 is 9.90 Å². The number of nitrogens with one attached hydrogen (secondary N) is 1. The molecule has 4 rings (SSSR count). The Labute approximate surface area is 207 Å². The van der Waals surface area contributed by atoms with E-state index in [4.69, 9.17) is 9.97 Å². The van der Waals surface area contributed by atoms with Crippen molar-refractivity contribution in [2.24, 2.45) is 0 Å². The first-order valence-corrected chi connectivity index (χ1v) is 12.2. The number of aryl methyl sites for hydroxylation is 2. The van der Waals surface area contributed by atoms with Crippen LogP contribution in [0.4, 0.5) is 0 Å². The molecule has 0 fully saturated rings. The molecule has 0 aliphatic carbocycles. The molecule has 0 bridgehead atoms. The number of carbonyl (C=O) groups is 1. The quantitative estimate of drug-likeness (QED) is 0.408. The minimum Gasteiger partial charge on any atom is -0.390 e. The molecule has 0 aliphatic heterocycles. The van der Waals surface area contributed by atoms with E-state index in [1.165, 1.54) is 23.7 Å². The molecule has 0 saturated heterocycles. The zero-order valence-corrected chi connectivity index (χ0v) is 21.9. The molecule has 2 N–H and O–H groups in total. The Morgan fingerprint density at radius 3 is 2.40 bits per heavy atom. The highest BCUT2D eigenvalue weighted by Gasteiger charge is 2.26. The molecule has 0 unspecified atom stereocenters. The van der Waals surface area contributed by atoms with Crippen LogP contribution in [0, 0.1) is 6.92 Å². The fourth-order valence-corrected chi connectivity index (χ4v) is 4.80. The van der Waals surface area contributed by atoms with Gasteiger partial charge in [0, 0.05) is 35.6 Å². The average Bonchev–Trinajstić information content (AvgIpc) is 3.40. The summed E-state index contributed by atoms with van der Waals surface area (Å²) < 4.78 is 4.29. The van der Waals surface area contributed by atoms with Gasteiger partial charge in [-0.25, -0.2) is 9.97 Å². The summed E-state index contributed by atoms with van der Waals surface area (Å²) in [5.74, 6) is -0.0539. The Balaban J connectivity index is 1.67. The standard InChI is InChI=1S/C28H37N5O2/c1-18-8-10-24(25-30-15-22(33(18)25)14-29-19(2)35)28(6,7)13-12-21-9-11-23(27(3,4)5)26-31-20(17-34)16-32(21)26/h8-11,15-16,34H,12-14,17H2,1-7H3,(H,29,35). The Bertz CT molecular complexity index is 1390. The van der Waals surface area contributed by atoms with Crippen molar-refractivity contribution in [1.82, 2.24) is 24.1 Å². The molecule has 0 aromatic carbocycles. The number of hydrogen-bond donors (Lipinski definition) is 2. The van der Waals surface area contributed by atoms with E-state index in [1.807, 2.05) is 12.4 Å². The van der Waals surface area contributed by atoms with Gasteiger partial charge in [-0.05, 0) is 42.7 Å². The number of amides is 1. The second kappa shape index (κ2) is 9.11. The van der Waals surface area contributed by atoms with Crippen LogP contribution in [0.5, 0.6) is 0 Å². The molecule has 0 saturated carbocycles. The SMILES string of the molecule is CC(=O)NCc1cnc2c(C(C)(C)CCc3ccc(C(C)(C)C)c4nc(CO)cn34)ccc(C)n12. The Hall–Kier alpha value is -3.19. The maximum atomic E-state index is 11.4. The minimum absolute atomic E-state index is 0.0414. The molecule has 0 radical (unpaired) electrons. The van der Waals surface area contributed by atoms with Gasteiger partial charge in [0.1, 0.15) is 11.3 Å². The first-order chi connectivity index (χ1) is 16.4. The Kier molecular flexibility index (Phi) is 6.49. The smallest absolute Gasteiger partial charge is 0.217 e. The fraction of sp³-hybridized carbons (Fsp3) is 0.464. The van der Waals surface area contributed by atoms with E-state index < -0.39 is 0 Å².